The van der Waals surface area contributed by atoms with E-state index in [2.05, 4.69) is 15.5 Å². The lowest BCUT2D eigenvalue weighted by Crippen LogP contribution is -2.62. The molecule has 50 heavy (non-hydrogen) atoms. The first-order chi connectivity index (χ1) is 23.9. The van der Waals surface area contributed by atoms with Gasteiger partial charge in [0.15, 0.2) is 5.66 Å². The first-order valence-electron chi connectivity index (χ1n) is 16.1. The Kier molecular flexibility index (Phi) is 10.4. The average Bonchev–Trinajstić information content (AvgIpc) is 3.53. The molecule has 2 unspecified atom stereocenters. The van der Waals surface area contributed by atoms with E-state index in [-0.39, 0.29) is 23.8 Å². The van der Waals surface area contributed by atoms with Crippen LogP contribution in [-0.4, -0.2) is 57.8 Å². The molecule has 6 rings (SSSR count). The topological polar surface area (TPSA) is 75.3 Å². The fourth-order valence-electron chi connectivity index (χ4n) is 6.62. The summed E-state index contributed by atoms with van der Waals surface area (Å²) in [6.45, 7) is 3.43. The number of rotatable bonds is 9. The third-order valence-corrected chi connectivity index (χ3v) is 9.64. The van der Waals surface area contributed by atoms with Gasteiger partial charge in [-0.3, -0.25) is 15.4 Å². The van der Waals surface area contributed by atoms with Gasteiger partial charge in [-0.25, -0.2) is 0 Å². The van der Waals surface area contributed by atoms with E-state index < -0.39 is 29.5 Å². The lowest BCUT2D eigenvalue weighted by Gasteiger charge is -2.41. The van der Waals surface area contributed by atoms with Gasteiger partial charge in [0.2, 0.25) is 0 Å². The fraction of sp³-hybridized carbons (Fsp3) is 0.324. The van der Waals surface area contributed by atoms with Crippen LogP contribution in [0.4, 0.5) is 18.9 Å². The standard InChI is InChI=1S/C37H37Cl2F3N4O4/c1-4-50-32-19-25(37(40,41)42)9-14-31(32)36(35(47)46-17-15-45(16-18-46)28-20-29(48-2)22-30(21-28)49-3)43-33(23-5-10-26(38)11-6-23)34(44-36)24-7-12-27(39)13-8-24/h5-14,19-22,33-34,43-44H,4,15-18H2,1-3H3. The maximum absolute atomic E-state index is 15.1. The van der Waals surface area contributed by atoms with Crippen molar-refractivity contribution in [1.82, 2.24) is 15.5 Å². The molecule has 2 aliphatic rings. The minimum Gasteiger partial charge on any atom is -0.497 e. The quantitative estimate of drug-likeness (QED) is 0.184. The molecule has 0 bridgehead atoms. The number of piperazine rings is 1. The molecule has 4 aromatic rings. The van der Waals surface area contributed by atoms with E-state index in [9.17, 15) is 13.2 Å². The van der Waals surface area contributed by atoms with Crippen LogP contribution in [0, 0.1) is 0 Å². The van der Waals surface area contributed by atoms with Crippen molar-refractivity contribution in [2.24, 2.45) is 0 Å². The number of methoxy groups -OCH3 is 2. The first-order valence-corrected chi connectivity index (χ1v) is 16.9. The van der Waals surface area contributed by atoms with Gasteiger partial charge in [-0.05, 0) is 54.4 Å². The molecule has 8 nitrogen and oxygen atoms in total. The Morgan fingerprint density at radius 2 is 1.32 bits per heavy atom. The van der Waals surface area contributed by atoms with Gasteiger partial charge in [0.25, 0.3) is 5.91 Å². The number of nitrogens with one attached hydrogen (secondary N) is 2. The summed E-state index contributed by atoms with van der Waals surface area (Å²) in [7, 11) is 3.17. The highest BCUT2D eigenvalue weighted by Crippen LogP contribution is 2.46. The van der Waals surface area contributed by atoms with E-state index in [1.807, 2.05) is 36.4 Å². The highest BCUT2D eigenvalue weighted by molar-refractivity contribution is 6.30. The van der Waals surface area contributed by atoms with Gasteiger partial charge in [-0.15, -0.1) is 0 Å². The normalized spacial score (nSPS) is 20.9. The van der Waals surface area contributed by atoms with Gasteiger partial charge in [0, 0.05) is 65.7 Å². The van der Waals surface area contributed by atoms with Crippen LogP contribution in [0.2, 0.25) is 10.0 Å². The summed E-state index contributed by atoms with van der Waals surface area (Å²) in [5.41, 5.74) is 0.192. The Morgan fingerprint density at radius 1 is 0.800 bits per heavy atom. The van der Waals surface area contributed by atoms with E-state index in [0.717, 1.165) is 28.9 Å². The molecule has 2 N–H and O–H groups in total. The van der Waals surface area contributed by atoms with Crippen molar-refractivity contribution in [3.8, 4) is 17.2 Å². The lowest BCUT2D eigenvalue weighted by atomic mass is 9.94. The summed E-state index contributed by atoms with van der Waals surface area (Å²) in [6, 6.07) is 22.3. The molecule has 264 valence electrons. The molecule has 2 heterocycles. The molecule has 0 aliphatic carbocycles. The van der Waals surface area contributed by atoms with E-state index in [1.165, 1.54) is 6.07 Å². The van der Waals surface area contributed by atoms with Gasteiger partial charge in [0.1, 0.15) is 17.2 Å². The summed E-state index contributed by atoms with van der Waals surface area (Å²) < 4.78 is 58.7. The van der Waals surface area contributed by atoms with Crippen LogP contribution >= 0.6 is 23.2 Å². The fourth-order valence-corrected chi connectivity index (χ4v) is 6.88. The Hall–Kier alpha value is -4.16. The Labute approximate surface area is 299 Å². The van der Waals surface area contributed by atoms with E-state index in [4.69, 9.17) is 37.4 Å². The SMILES string of the molecule is CCOc1cc(C(F)(F)F)ccc1C1(C(=O)N2CCN(c3cc(OC)cc(OC)c3)CC2)NC(c2ccc(Cl)cc2)C(c2ccc(Cl)cc2)N1. The summed E-state index contributed by atoms with van der Waals surface area (Å²) >= 11 is 12.5. The number of hydrogen-bond donors (Lipinski definition) is 2. The largest absolute Gasteiger partial charge is 0.497 e. The zero-order valence-corrected chi connectivity index (χ0v) is 29.2. The van der Waals surface area contributed by atoms with Crippen molar-refractivity contribution < 1.29 is 32.2 Å². The van der Waals surface area contributed by atoms with E-state index >= 15 is 4.79 Å². The Balaban J connectivity index is 1.43. The average molecular weight is 730 g/mol. The molecule has 2 aliphatic heterocycles. The molecule has 4 aromatic carbocycles. The third kappa shape index (κ3) is 7.18. The van der Waals surface area contributed by atoms with Crippen LogP contribution in [0.15, 0.2) is 84.9 Å². The number of ether oxygens (including phenoxy) is 3. The van der Waals surface area contributed by atoms with Crippen molar-refractivity contribution in [1.29, 1.82) is 0 Å². The lowest BCUT2D eigenvalue weighted by molar-refractivity contribution is -0.140. The number of carbonyl (C=O) groups is 1. The summed E-state index contributed by atoms with van der Waals surface area (Å²) in [5, 5.41) is 8.20. The summed E-state index contributed by atoms with van der Waals surface area (Å²) in [5.74, 6) is 0.882. The predicted molar refractivity (Wildman–Crippen MR) is 187 cm³/mol. The van der Waals surface area contributed by atoms with Gasteiger partial charge >= 0.3 is 6.18 Å². The van der Waals surface area contributed by atoms with Crippen LogP contribution in [-0.2, 0) is 16.6 Å². The second-order valence-corrected chi connectivity index (χ2v) is 13.0. The number of hydrogen-bond acceptors (Lipinski definition) is 7. The van der Waals surface area contributed by atoms with Crippen molar-refractivity contribution >= 4 is 34.8 Å². The Morgan fingerprint density at radius 3 is 1.78 bits per heavy atom. The maximum Gasteiger partial charge on any atom is 0.416 e. The van der Waals surface area contributed by atoms with Crippen molar-refractivity contribution in [3.63, 3.8) is 0 Å². The minimum absolute atomic E-state index is 0.0515. The smallest absolute Gasteiger partial charge is 0.416 e. The second kappa shape index (κ2) is 14.6. The Bertz CT molecular complexity index is 1740. The van der Waals surface area contributed by atoms with Crippen LogP contribution in [0.1, 0.15) is 41.3 Å². The number of anilines is 1. The van der Waals surface area contributed by atoms with Gasteiger partial charge in [0.05, 0.1) is 38.5 Å². The molecule has 0 spiro atoms. The number of amides is 1. The number of alkyl halides is 3. The van der Waals surface area contributed by atoms with Gasteiger partial charge < -0.3 is 24.0 Å². The molecule has 2 atom stereocenters. The number of halogens is 5. The van der Waals surface area contributed by atoms with Crippen molar-refractivity contribution in [2.45, 2.75) is 30.8 Å². The molecule has 2 fully saturated rings. The monoisotopic (exact) mass is 728 g/mol. The molecule has 1 amide bonds. The highest BCUT2D eigenvalue weighted by Gasteiger charge is 2.55. The highest BCUT2D eigenvalue weighted by atomic mass is 35.5. The molecular weight excluding hydrogens is 692 g/mol. The molecule has 0 aromatic heterocycles. The summed E-state index contributed by atoms with van der Waals surface area (Å²) in [6.07, 6.45) is -4.62. The minimum atomic E-state index is -4.62. The van der Waals surface area contributed by atoms with Crippen LogP contribution in [0.5, 0.6) is 17.2 Å². The van der Waals surface area contributed by atoms with Crippen LogP contribution in [0.25, 0.3) is 0 Å². The van der Waals surface area contributed by atoms with Crippen LogP contribution in [0.3, 0.4) is 0 Å². The predicted octanol–water partition coefficient (Wildman–Crippen LogP) is 7.61. The number of benzene rings is 4. The van der Waals surface area contributed by atoms with Crippen molar-refractivity contribution in [2.75, 3.05) is 51.9 Å². The zero-order valence-electron chi connectivity index (χ0n) is 27.7. The molecule has 0 radical (unpaired) electrons. The second-order valence-electron chi connectivity index (χ2n) is 12.1. The number of nitrogens with zero attached hydrogens (tertiary/aromatic N) is 2. The maximum atomic E-state index is 15.1. The van der Waals surface area contributed by atoms with E-state index in [0.29, 0.717) is 47.7 Å². The van der Waals surface area contributed by atoms with Crippen LogP contribution < -0.4 is 29.7 Å². The summed E-state index contributed by atoms with van der Waals surface area (Å²) in [4.78, 5) is 18.9. The third-order valence-electron chi connectivity index (χ3n) is 9.14. The zero-order chi connectivity index (χ0) is 35.6. The van der Waals surface area contributed by atoms with E-state index in [1.54, 1.807) is 56.4 Å². The molecule has 13 heteroatoms. The molecular formula is C37H37Cl2F3N4O4. The van der Waals surface area contributed by atoms with Crippen molar-refractivity contribution in [3.05, 3.63) is 117 Å². The first kappa shape index (κ1) is 35.7. The van der Waals surface area contributed by atoms with Gasteiger partial charge in [-0.1, -0.05) is 53.5 Å². The van der Waals surface area contributed by atoms with Gasteiger partial charge in [-0.2, -0.15) is 13.2 Å². The number of carbonyl (C=O) groups excluding carboxylic acids is 1. The molecule has 2 saturated heterocycles. The molecule has 0 saturated carbocycles.